The van der Waals surface area contributed by atoms with Crippen molar-refractivity contribution in [3.63, 3.8) is 0 Å². The molecule has 30 heteroatoms. The van der Waals surface area contributed by atoms with Crippen LogP contribution in [-0.2, 0) is 78.3 Å². The number of hydrogen-bond donors (Lipinski definition) is 14. The largest absolute Gasteiger partial charge is 0.458 e. The summed E-state index contributed by atoms with van der Waals surface area (Å²) in [7, 11) is 0. The van der Waals surface area contributed by atoms with Crippen LogP contribution in [0, 0.1) is 47.3 Å². The molecule has 0 radical (unpaired) electrons. The highest BCUT2D eigenvalue weighted by Gasteiger charge is 2.44. The highest BCUT2D eigenvalue weighted by molar-refractivity contribution is 6.03. The van der Waals surface area contributed by atoms with Crippen molar-refractivity contribution in [3.8, 4) is 0 Å². The van der Waals surface area contributed by atoms with E-state index >= 15 is 9.59 Å². The molecule has 3 rings (SSSR count). The first-order chi connectivity index (χ1) is 49.2. The number of aliphatic hydroxyl groups excluding tert-OH is 1. The van der Waals surface area contributed by atoms with Crippen LogP contribution >= 0.6 is 0 Å². The van der Waals surface area contributed by atoms with Gasteiger partial charge in [-0.05, 0) is 112 Å². The number of aliphatic hydroxyl groups is 1. The molecule has 1 aromatic carbocycles. The van der Waals surface area contributed by atoms with Crippen LogP contribution < -0.4 is 69.5 Å². The number of esters is 1. The van der Waals surface area contributed by atoms with Gasteiger partial charge in [0, 0.05) is 19.4 Å². The van der Waals surface area contributed by atoms with Gasteiger partial charge in [0.25, 0.3) is 5.91 Å². The average Bonchev–Trinajstić information content (AvgIpc) is 1.79. The van der Waals surface area contributed by atoms with Crippen molar-refractivity contribution < 1.29 is 77.0 Å². The van der Waals surface area contributed by atoms with Gasteiger partial charge in [-0.3, -0.25) is 62.3 Å². The minimum absolute atomic E-state index is 0.0355. The van der Waals surface area contributed by atoms with Crippen molar-refractivity contribution in [2.75, 3.05) is 13.1 Å². The number of allylic oxidation sites excluding steroid dienone is 1. The second kappa shape index (κ2) is 43.8. The molecule has 0 aromatic heterocycles. The first kappa shape index (κ1) is 90.7. The van der Waals surface area contributed by atoms with E-state index in [1.807, 2.05) is 13.8 Å². The van der Waals surface area contributed by atoms with E-state index in [0.717, 1.165) is 6.42 Å². The van der Waals surface area contributed by atoms with Gasteiger partial charge in [-0.15, -0.1) is 0 Å². The summed E-state index contributed by atoms with van der Waals surface area (Å²) < 4.78 is 5.96. The van der Waals surface area contributed by atoms with E-state index in [0.29, 0.717) is 30.7 Å². The molecule has 0 bridgehead atoms. The number of cyclic esters (lactones) is 1. The third-order valence-corrected chi connectivity index (χ3v) is 19.3. The molecular formula is C75H124N14O16. The minimum Gasteiger partial charge on any atom is -0.458 e. The molecule has 2 heterocycles. The molecule has 13 amide bonds. The minimum atomic E-state index is -1.83. The number of nitrogens with one attached hydrogen (secondary N) is 12. The number of likely N-dealkylation sites (tertiary alicyclic amines) is 1. The SMILES string of the molecule is C/C=C1\NC(=O)[C@H](Cc2ccccc2)NC(=O)C(C(C)C)NC(=O)C(C(C)CC)NC(=O)C(NC(=O)C(NC(=O)[C@H](CCCN)NC(=O)[C@H]2CCCN2C(=O)C(NC(=O)C(NC(=O)C(NC(=O)C(NC(=O)CCCC(C)C)C(C)C)C(C)O)C(C)C)C(C)C)C(C)CC)C(C)OC(=O)C(C(C)C)NC1=O. The van der Waals surface area contributed by atoms with Crippen molar-refractivity contribution >= 4 is 82.8 Å². The zero-order chi connectivity index (χ0) is 79.4. The summed E-state index contributed by atoms with van der Waals surface area (Å²) in [6, 6.07) is -7.67. The van der Waals surface area contributed by atoms with Gasteiger partial charge in [-0.2, -0.15) is 0 Å². The monoisotopic (exact) mass is 1480 g/mol. The van der Waals surface area contributed by atoms with E-state index in [1.165, 1.54) is 31.7 Å². The van der Waals surface area contributed by atoms with Crippen molar-refractivity contribution in [1.82, 2.24) is 68.7 Å². The molecule has 30 nitrogen and oxygen atoms in total. The maximum absolute atomic E-state index is 15.0. The Morgan fingerprint density at radius 3 is 1.69 bits per heavy atom. The van der Waals surface area contributed by atoms with Gasteiger partial charge >= 0.3 is 5.97 Å². The molecule has 2 saturated heterocycles. The van der Waals surface area contributed by atoms with Crippen LogP contribution in [0.15, 0.2) is 42.1 Å². The summed E-state index contributed by atoms with van der Waals surface area (Å²) in [5.41, 5.74) is 6.34. The van der Waals surface area contributed by atoms with Crippen molar-refractivity contribution in [2.24, 2.45) is 53.1 Å². The predicted molar refractivity (Wildman–Crippen MR) is 395 cm³/mol. The molecule has 590 valence electrons. The number of carbonyl (C=O) groups is 14. The van der Waals surface area contributed by atoms with Crippen LogP contribution in [0.25, 0.3) is 0 Å². The standard InChI is InChI=1S/C75H124N14O16/c1-20-44(16)59(71(100)88-62-47(19)105-75(104)58(43(14)15)84-63(92)49(22-3)77-65(94)51(37-48-30-24-23-25-31-48)79-67(96)55(40(8)9)81-70(99)60(45(17)21-2)86-73(62)102)85-64(93)50(32-27-35-76)78-66(95)52-33-28-36-89(52)74(103)57(42(12)13)83-69(98)56(41(10)11)82-72(101)61(46(18)90)87-68(97)54(39(6)7)80-53(91)34-26-29-38(4)5/h22-25,30-31,38-47,50-52,54-62,90H,20-21,26-29,32-37,76H2,1-19H3,(H,77,94)(H,78,95)(H,79,96)(H,80,91)(H,81,99)(H,82,101)(H,83,98)(H,84,92)(H,85,93)(H,86,102)(H,87,97)(H,88,100)/b49-22-/t44?,45?,46?,47?,50-,51-,52+,54?,55?,56?,57?,58?,59?,60?,61?,62?/m0/s1. The molecule has 2 aliphatic rings. The van der Waals surface area contributed by atoms with Crippen molar-refractivity contribution in [1.29, 1.82) is 0 Å². The quantitative estimate of drug-likeness (QED) is 0.0353. The molecule has 105 heavy (non-hydrogen) atoms. The first-order valence-corrected chi connectivity index (χ1v) is 37.5. The van der Waals surface area contributed by atoms with Crippen LogP contribution in [-0.4, -0.2) is 191 Å². The molecule has 0 aliphatic carbocycles. The topological polar surface area (TPSA) is 442 Å². The van der Waals surface area contributed by atoms with Crippen LogP contribution in [0.3, 0.4) is 0 Å². The Hall–Kier alpha value is -8.54. The van der Waals surface area contributed by atoms with E-state index in [4.69, 9.17) is 10.5 Å². The highest BCUT2D eigenvalue weighted by Crippen LogP contribution is 2.23. The highest BCUT2D eigenvalue weighted by atomic mass is 16.5. The maximum Gasteiger partial charge on any atom is 0.329 e. The zero-order valence-electron chi connectivity index (χ0n) is 65.2. The third-order valence-electron chi connectivity index (χ3n) is 19.3. The molecule has 1 aromatic rings. The summed E-state index contributed by atoms with van der Waals surface area (Å²) in [6.07, 6.45) is 1.02. The van der Waals surface area contributed by atoms with E-state index in [-0.39, 0.29) is 63.2 Å². The molecule has 16 atom stereocenters. The van der Waals surface area contributed by atoms with Crippen molar-refractivity contribution in [3.05, 3.63) is 47.7 Å². The summed E-state index contributed by atoms with van der Waals surface area (Å²) in [5.74, 6) is -15.1. The number of rotatable bonds is 33. The summed E-state index contributed by atoms with van der Waals surface area (Å²) in [6.45, 7) is 31.8. The number of nitrogens with two attached hydrogens (primary N) is 1. The number of carbonyl (C=O) groups excluding carboxylic acids is 14. The lowest BCUT2D eigenvalue weighted by molar-refractivity contribution is -0.157. The second-order valence-corrected chi connectivity index (χ2v) is 30.2. The smallest absolute Gasteiger partial charge is 0.329 e. The lowest BCUT2D eigenvalue weighted by Crippen LogP contribution is -2.64. The van der Waals surface area contributed by atoms with Gasteiger partial charge in [-0.25, -0.2) is 4.79 Å². The molecule has 2 fully saturated rings. The van der Waals surface area contributed by atoms with Gasteiger partial charge in [0.1, 0.15) is 84.3 Å². The average molecular weight is 1480 g/mol. The first-order valence-electron chi connectivity index (χ1n) is 37.5. The Morgan fingerprint density at radius 2 is 1.15 bits per heavy atom. The van der Waals surface area contributed by atoms with E-state index in [2.05, 4.69) is 63.8 Å². The lowest BCUT2D eigenvalue weighted by atomic mass is 9.95. The summed E-state index contributed by atoms with van der Waals surface area (Å²) >= 11 is 0. The molecule has 15 N–H and O–H groups in total. The number of amides is 13. The van der Waals surface area contributed by atoms with Gasteiger partial charge in [0.2, 0.25) is 70.9 Å². The fourth-order valence-corrected chi connectivity index (χ4v) is 12.1. The van der Waals surface area contributed by atoms with Crippen LogP contribution in [0.2, 0.25) is 0 Å². The van der Waals surface area contributed by atoms with Gasteiger partial charge in [0.05, 0.1) is 6.10 Å². The fourth-order valence-electron chi connectivity index (χ4n) is 12.1. The van der Waals surface area contributed by atoms with E-state index in [1.54, 1.807) is 127 Å². The van der Waals surface area contributed by atoms with Gasteiger partial charge in [0.15, 0.2) is 0 Å². The third kappa shape index (κ3) is 27.7. The zero-order valence-corrected chi connectivity index (χ0v) is 65.2. The summed E-state index contributed by atoms with van der Waals surface area (Å²) in [5, 5.41) is 43.2. The number of benzene rings is 1. The van der Waals surface area contributed by atoms with Gasteiger partial charge in [-0.1, -0.05) is 166 Å². The van der Waals surface area contributed by atoms with Crippen LogP contribution in [0.5, 0.6) is 0 Å². The van der Waals surface area contributed by atoms with Crippen molar-refractivity contribution in [2.45, 2.75) is 280 Å². The van der Waals surface area contributed by atoms with E-state index in [9.17, 15) is 62.6 Å². The maximum atomic E-state index is 15.0. The Bertz CT molecular complexity index is 3160. The molecule has 0 spiro atoms. The Morgan fingerprint density at radius 1 is 0.610 bits per heavy atom. The molecular weight excluding hydrogens is 1350 g/mol. The molecule has 2 aliphatic heterocycles. The van der Waals surface area contributed by atoms with Crippen LogP contribution in [0.4, 0.5) is 0 Å². The second-order valence-electron chi connectivity index (χ2n) is 30.2. The fraction of sp³-hybridized carbons (Fsp3) is 0.707. The number of nitrogens with zero attached hydrogens (tertiary/aromatic N) is 1. The Labute approximate surface area is 620 Å². The Kier molecular flexibility index (Phi) is 37.8. The normalized spacial score (nSPS) is 22.6. The Balaban J connectivity index is 2.00. The number of ether oxygens (including phenoxy) is 1. The summed E-state index contributed by atoms with van der Waals surface area (Å²) in [4.78, 5) is 202. The van der Waals surface area contributed by atoms with Gasteiger partial charge < -0.3 is 84.3 Å². The number of hydrogen-bond acceptors (Lipinski definition) is 17. The lowest BCUT2D eigenvalue weighted by Gasteiger charge is -2.33. The van der Waals surface area contributed by atoms with E-state index < -0.39 is 203 Å². The molecule has 0 saturated carbocycles. The van der Waals surface area contributed by atoms with Crippen LogP contribution in [0.1, 0.15) is 195 Å². The molecule has 13 unspecified atom stereocenters. The predicted octanol–water partition coefficient (Wildman–Crippen LogP) is 1.84.